The fraction of sp³-hybridized carbons (Fsp3) is 0.526. The van der Waals surface area contributed by atoms with Crippen LogP contribution >= 0.6 is 0 Å². The standard InChI is InChI=1S/C19H24N4O4S/c1-13(2)17-20-11-15-16(21-17)19(12-22(3)28(15,25)26)6-8-23(9-7-19)18(24)14-5-4-10-27-14/h4-5,10-11,13H,6-9,12H2,1-3H3. The lowest BCUT2D eigenvalue weighted by Gasteiger charge is -2.46. The topological polar surface area (TPSA) is 96.6 Å². The number of aromatic nitrogens is 2. The Morgan fingerprint density at radius 1 is 1.29 bits per heavy atom. The van der Waals surface area contributed by atoms with Crippen LogP contribution in [0.25, 0.3) is 0 Å². The van der Waals surface area contributed by atoms with Gasteiger partial charge in [0.25, 0.3) is 5.91 Å². The number of likely N-dealkylation sites (N-methyl/N-ethyl adjacent to an activating group) is 1. The van der Waals surface area contributed by atoms with Gasteiger partial charge in [0.2, 0.25) is 10.0 Å². The quantitative estimate of drug-likeness (QED) is 0.760. The molecule has 0 aromatic carbocycles. The third-order valence-corrected chi connectivity index (χ3v) is 7.55. The minimum absolute atomic E-state index is 0.102. The molecule has 28 heavy (non-hydrogen) atoms. The molecule has 4 heterocycles. The van der Waals surface area contributed by atoms with E-state index in [-0.39, 0.29) is 16.7 Å². The number of hydrogen-bond acceptors (Lipinski definition) is 6. The fourth-order valence-electron chi connectivity index (χ4n) is 4.07. The molecular formula is C19H24N4O4S. The minimum atomic E-state index is -3.59. The van der Waals surface area contributed by atoms with Crippen molar-refractivity contribution < 1.29 is 17.6 Å². The summed E-state index contributed by atoms with van der Waals surface area (Å²) in [4.78, 5) is 23.5. The van der Waals surface area contributed by atoms with Crippen LogP contribution in [-0.4, -0.2) is 60.2 Å². The first-order chi connectivity index (χ1) is 13.2. The van der Waals surface area contributed by atoms with Gasteiger partial charge in [-0.1, -0.05) is 13.8 Å². The zero-order chi connectivity index (χ0) is 20.1. The normalized spacial score (nSPS) is 21.1. The van der Waals surface area contributed by atoms with Crippen LogP contribution < -0.4 is 0 Å². The van der Waals surface area contributed by atoms with E-state index in [4.69, 9.17) is 9.40 Å². The fourth-order valence-corrected chi connectivity index (χ4v) is 5.52. The number of fused-ring (bicyclic) bond motifs is 2. The molecule has 0 radical (unpaired) electrons. The SMILES string of the molecule is CC(C)c1ncc2c(n1)C1(CCN(C(=O)c3ccco3)CC1)CN(C)S2(=O)=O. The molecule has 1 amide bonds. The summed E-state index contributed by atoms with van der Waals surface area (Å²) >= 11 is 0. The number of sulfonamides is 1. The zero-order valence-electron chi connectivity index (χ0n) is 16.3. The smallest absolute Gasteiger partial charge is 0.289 e. The largest absolute Gasteiger partial charge is 0.459 e. The molecule has 1 fully saturated rings. The van der Waals surface area contributed by atoms with Gasteiger partial charge in [-0.15, -0.1) is 0 Å². The van der Waals surface area contributed by atoms with Gasteiger partial charge >= 0.3 is 0 Å². The molecule has 0 bridgehead atoms. The molecule has 1 saturated heterocycles. The number of carbonyl (C=O) groups excluding carboxylic acids is 1. The molecule has 0 saturated carbocycles. The first-order valence-electron chi connectivity index (χ1n) is 9.41. The lowest BCUT2D eigenvalue weighted by molar-refractivity contribution is 0.0611. The summed E-state index contributed by atoms with van der Waals surface area (Å²) in [6.45, 7) is 5.38. The Morgan fingerprint density at radius 2 is 2.00 bits per heavy atom. The predicted molar refractivity (Wildman–Crippen MR) is 101 cm³/mol. The summed E-state index contributed by atoms with van der Waals surface area (Å²) < 4.78 is 32.2. The molecule has 4 rings (SSSR count). The molecule has 2 aliphatic rings. The van der Waals surface area contributed by atoms with Crippen LogP contribution in [0.2, 0.25) is 0 Å². The highest BCUT2D eigenvalue weighted by molar-refractivity contribution is 7.89. The van der Waals surface area contributed by atoms with E-state index in [0.717, 1.165) is 0 Å². The maximum absolute atomic E-state index is 12.8. The van der Waals surface area contributed by atoms with Crippen molar-refractivity contribution in [1.29, 1.82) is 0 Å². The number of nitrogens with zero attached hydrogens (tertiary/aromatic N) is 4. The number of amides is 1. The second kappa shape index (κ2) is 6.66. The molecule has 0 N–H and O–H groups in total. The van der Waals surface area contributed by atoms with Crippen molar-refractivity contribution in [2.75, 3.05) is 26.7 Å². The lowest BCUT2D eigenvalue weighted by Crippen LogP contribution is -2.54. The third kappa shape index (κ3) is 2.93. The van der Waals surface area contributed by atoms with Crippen LogP contribution in [0.5, 0.6) is 0 Å². The lowest BCUT2D eigenvalue weighted by atomic mass is 9.75. The summed E-state index contributed by atoms with van der Waals surface area (Å²) in [5, 5.41) is 0. The molecule has 9 heteroatoms. The Bertz CT molecular complexity index is 993. The summed E-state index contributed by atoms with van der Waals surface area (Å²) in [5.74, 6) is 0.934. The Kier molecular flexibility index (Phi) is 4.54. The van der Waals surface area contributed by atoms with Gasteiger partial charge in [0.1, 0.15) is 10.7 Å². The molecule has 8 nitrogen and oxygen atoms in total. The average Bonchev–Trinajstić information content (AvgIpc) is 3.21. The zero-order valence-corrected chi connectivity index (χ0v) is 17.1. The number of rotatable bonds is 2. The van der Waals surface area contributed by atoms with E-state index in [1.807, 2.05) is 13.8 Å². The van der Waals surface area contributed by atoms with Crippen molar-refractivity contribution in [3.8, 4) is 0 Å². The number of piperidine rings is 1. The van der Waals surface area contributed by atoms with E-state index in [1.54, 1.807) is 24.1 Å². The average molecular weight is 404 g/mol. The highest BCUT2D eigenvalue weighted by Gasteiger charge is 2.49. The number of carbonyl (C=O) groups is 1. The molecular weight excluding hydrogens is 380 g/mol. The van der Waals surface area contributed by atoms with Gasteiger partial charge < -0.3 is 9.32 Å². The highest BCUT2D eigenvalue weighted by Crippen LogP contribution is 2.43. The Labute approximate surface area is 164 Å². The molecule has 0 atom stereocenters. The molecule has 2 aromatic rings. The van der Waals surface area contributed by atoms with E-state index < -0.39 is 15.4 Å². The molecule has 1 spiro atoms. The second-order valence-corrected chi connectivity index (χ2v) is 9.92. The Morgan fingerprint density at radius 3 is 2.61 bits per heavy atom. The maximum Gasteiger partial charge on any atom is 0.289 e. The van der Waals surface area contributed by atoms with Gasteiger partial charge in [0.15, 0.2) is 5.76 Å². The van der Waals surface area contributed by atoms with Crippen molar-refractivity contribution in [3.63, 3.8) is 0 Å². The molecule has 2 aliphatic heterocycles. The monoisotopic (exact) mass is 404 g/mol. The van der Waals surface area contributed by atoms with Crippen molar-refractivity contribution in [2.45, 2.75) is 42.9 Å². The molecule has 0 aliphatic carbocycles. The van der Waals surface area contributed by atoms with Gasteiger partial charge in [0, 0.05) is 38.0 Å². The van der Waals surface area contributed by atoms with Crippen molar-refractivity contribution in [1.82, 2.24) is 19.2 Å². The predicted octanol–water partition coefficient (Wildman–Crippen LogP) is 2.00. The van der Waals surface area contributed by atoms with Crippen LogP contribution in [0, 0.1) is 0 Å². The van der Waals surface area contributed by atoms with Gasteiger partial charge in [0.05, 0.1) is 18.2 Å². The van der Waals surface area contributed by atoms with Crippen LogP contribution in [0.4, 0.5) is 0 Å². The molecule has 150 valence electrons. The Balaban J connectivity index is 1.69. The third-order valence-electron chi connectivity index (χ3n) is 5.75. The van der Waals surface area contributed by atoms with Crippen molar-refractivity contribution in [2.24, 2.45) is 0 Å². The summed E-state index contributed by atoms with van der Waals surface area (Å²) in [6, 6.07) is 3.35. The minimum Gasteiger partial charge on any atom is -0.459 e. The Hall–Kier alpha value is -2.26. The van der Waals surface area contributed by atoms with Gasteiger partial charge in [-0.2, -0.15) is 4.31 Å². The maximum atomic E-state index is 12.8. The first-order valence-corrected chi connectivity index (χ1v) is 10.9. The van der Waals surface area contributed by atoms with Gasteiger partial charge in [-0.25, -0.2) is 18.4 Å². The highest BCUT2D eigenvalue weighted by atomic mass is 32.2. The van der Waals surface area contributed by atoms with E-state index in [2.05, 4.69) is 4.98 Å². The van der Waals surface area contributed by atoms with Crippen LogP contribution in [0.1, 0.15) is 54.7 Å². The second-order valence-electron chi connectivity index (χ2n) is 7.91. The first kappa shape index (κ1) is 19.1. The molecule has 2 aromatic heterocycles. The van der Waals surface area contributed by atoms with Crippen LogP contribution in [0.3, 0.4) is 0 Å². The van der Waals surface area contributed by atoms with E-state index in [9.17, 15) is 13.2 Å². The van der Waals surface area contributed by atoms with Crippen molar-refractivity contribution in [3.05, 3.63) is 41.9 Å². The van der Waals surface area contributed by atoms with Crippen LogP contribution in [0.15, 0.2) is 33.9 Å². The summed E-state index contributed by atoms with van der Waals surface area (Å²) in [6.07, 6.45) is 4.22. The summed E-state index contributed by atoms with van der Waals surface area (Å²) in [7, 11) is -2.00. The van der Waals surface area contributed by atoms with E-state index in [0.29, 0.717) is 49.8 Å². The number of furan rings is 1. The number of hydrogen-bond donors (Lipinski definition) is 0. The van der Waals surface area contributed by atoms with E-state index in [1.165, 1.54) is 16.8 Å². The number of likely N-dealkylation sites (tertiary alicyclic amines) is 1. The van der Waals surface area contributed by atoms with E-state index >= 15 is 0 Å². The summed E-state index contributed by atoms with van der Waals surface area (Å²) in [5.41, 5.74) is 0.191. The molecule has 0 unspecified atom stereocenters. The van der Waals surface area contributed by atoms with Gasteiger partial charge in [-0.3, -0.25) is 4.79 Å². The van der Waals surface area contributed by atoms with Crippen molar-refractivity contribution >= 4 is 15.9 Å². The van der Waals surface area contributed by atoms with Gasteiger partial charge in [-0.05, 0) is 25.0 Å². The van der Waals surface area contributed by atoms with Crippen LogP contribution in [-0.2, 0) is 15.4 Å².